The van der Waals surface area contributed by atoms with E-state index in [-0.39, 0.29) is 6.04 Å². The van der Waals surface area contributed by atoms with Gasteiger partial charge in [-0.05, 0) is 42.5 Å². The van der Waals surface area contributed by atoms with Crippen LogP contribution in [0.1, 0.15) is 35.4 Å². The fourth-order valence-corrected chi connectivity index (χ4v) is 3.53. The maximum Gasteiger partial charge on any atom is 0.0700 e. The van der Waals surface area contributed by atoms with Crippen molar-refractivity contribution in [3.63, 3.8) is 0 Å². The van der Waals surface area contributed by atoms with Gasteiger partial charge in [-0.15, -0.1) is 11.3 Å². The van der Waals surface area contributed by atoms with E-state index in [1.54, 1.807) is 11.3 Å². The predicted molar refractivity (Wildman–Crippen MR) is 85.7 cm³/mol. The summed E-state index contributed by atoms with van der Waals surface area (Å²) in [7, 11) is 0. The first kappa shape index (κ1) is 14.9. The zero-order valence-electron chi connectivity index (χ0n) is 11.0. The second kappa shape index (κ2) is 6.76. The Hall–Kier alpha value is -0.540. The molecule has 0 aliphatic carbocycles. The Kier molecular flexibility index (Phi) is 5.28. The summed E-state index contributed by atoms with van der Waals surface area (Å²) in [5, 5.41) is 7.18. The Morgan fingerprint density at radius 2 is 2.05 bits per heavy atom. The molecule has 1 unspecified atom stereocenters. The maximum atomic E-state index is 6.46. The van der Waals surface area contributed by atoms with Crippen LogP contribution in [0.5, 0.6) is 0 Å². The van der Waals surface area contributed by atoms with Crippen LogP contribution in [-0.4, -0.2) is 6.54 Å². The minimum Gasteiger partial charge on any atom is -0.306 e. The molecule has 0 amide bonds. The van der Waals surface area contributed by atoms with Crippen LogP contribution in [0.4, 0.5) is 0 Å². The lowest BCUT2D eigenvalue weighted by Gasteiger charge is -2.20. The Morgan fingerprint density at radius 1 is 1.26 bits per heavy atom. The zero-order valence-corrected chi connectivity index (χ0v) is 13.4. The molecule has 0 saturated carbocycles. The van der Waals surface area contributed by atoms with Crippen LogP contribution in [0.15, 0.2) is 29.6 Å². The molecule has 1 N–H and O–H groups in total. The number of aryl methyl sites for hydroxylation is 1. The molecular weight excluding hydrogens is 297 g/mol. The largest absolute Gasteiger partial charge is 0.306 e. The summed E-state index contributed by atoms with van der Waals surface area (Å²) in [6.07, 6.45) is 1.07. The van der Waals surface area contributed by atoms with Crippen molar-refractivity contribution in [1.82, 2.24) is 5.32 Å². The molecule has 19 heavy (non-hydrogen) atoms. The number of rotatable bonds is 5. The third kappa shape index (κ3) is 3.32. The molecule has 0 fully saturated rings. The van der Waals surface area contributed by atoms with E-state index in [2.05, 4.69) is 18.3 Å². The highest BCUT2D eigenvalue weighted by atomic mass is 35.5. The van der Waals surface area contributed by atoms with Crippen LogP contribution in [0.25, 0.3) is 0 Å². The summed E-state index contributed by atoms with van der Waals surface area (Å²) >= 11 is 14.4. The van der Waals surface area contributed by atoms with Gasteiger partial charge >= 0.3 is 0 Å². The molecule has 0 aliphatic heterocycles. The topological polar surface area (TPSA) is 12.0 Å². The average molecular weight is 314 g/mol. The molecule has 4 heteroatoms. The van der Waals surface area contributed by atoms with Crippen LogP contribution >= 0.6 is 34.5 Å². The summed E-state index contributed by atoms with van der Waals surface area (Å²) in [4.78, 5) is 1.13. The average Bonchev–Trinajstić information content (AvgIpc) is 2.81. The van der Waals surface area contributed by atoms with Crippen LogP contribution in [-0.2, 0) is 0 Å². The van der Waals surface area contributed by atoms with Crippen molar-refractivity contribution in [3.05, 3.63) is 55.7 Å². The van der Waals surface area contributed by atoms with Gasteiger partial charge in [-0.3, -0.25) is 0 Å². The number of benzene rings is 1. The molecule has 2 aromatic rings. The molecule has 1 nitrogen and oxygen atoms in total. The molecule has 1 aromatic carbocycles. The molecule has 0 bridgehead atoms. The van der Waals surface area contributed by atoms with Gasteiger partial charge in [-0.2, -0.15) is 0 Å². The highest BCUT2D eigenvalue weighted by molar-refractivity contribution is 7.10. The van der Waals surface area contributed by atoms with Crippen LogP contribution in [0, 0.1) is 6.92 Å². The van der Waals surface area contributed by atoms with Gasteiger partial charge in [0.2, 0.25) is 0 Å². The molecule has 0 spiro atoms. The molecule has 2 rings (SSSR count). The number of hydrogen-bond acceptors (Lipinski definition) is 2. The lowest BCUT2D eigenvalue weighted by Crippen LogP contribution is -2.23. The van der Waals surface area contributed by atoms with Crippen molar-refractivity contribution in [2.75, 3.05) is 6.54 Å². The van der Waals surface area contributed by atoms with Gasteiger partial charge in [0.15, 0.2) is 0 Å². The van der Waals surface area contributed by atoms with Gasteiger partial charge in [0.05, 0.1) is 11.1 Å². The van der Waals surface area contributed by atoms with Crippen molar-refractivity contribution >= 4 is 34.5 Å². The van der Waals surface area contributed by atoms with Crippen molar-refractivity contribution in [2.24, 2.45) is 0 Å². The molecular formula is C15H17Cl2NS. The van der Waals surface area contributed by atoms with Crippen LogP contribution in [0.3, 0.4) is 0 Å². The fraction of sp³-hybridized carbons (Fsp3) is 0.333. The molecule has 1 atom stereocenters. The van der Waals surface area contributed by atoms with Gasteiger partial charge in [-0.1, -0.05) is 48.3 Å². The second-order valence-electron chi connectivity index (χ2n) is 4.50. The third-order valence-corrected chi connectivity index (χ3v) is 4.98. The summed E-state index contributed by atoms with van der Waals surface area (Å²) < 4.78 is 0. The van der Waals surface area contributed by atoms with E-state index in [0.29, 0.717) is 0 Å². The molecule has 0 radical (unpaired) electrons. The van der Waals surface area contributed by atoms with E-state index in [1.165, 1.54) is 0 Å². The molecule has 102 valence electrons. The van der Waals surface area contributed by atoms with Crippen LogP contribution in [0.2, 0.25) is 10.0 Å². The number of nitrogens with one attached hydrogen (secondary N) is 1. The Balaban J connectivity index is 2.43. The summed E-state index contributed by atoms with van der Waals surface area (Å²) in [5.74, 6) is 0. The summed E-state index contributed by atoms with van der Waals surface area (Å²) in [6, 6.07) is 8.14. The monoisotopic (exact) mass is 313 g/mol. The molecule has 1 aromatic heterocycles. The first-order valence-electron chi connectivity index (χ1n) is 6.36. The van der Waals surface area contributed by atoms with Crippen molar-refractivity contribution < 1.29 is 0 Å². The number of halogens is 2. The van der Waals surface area contributed by atoms with E-state index in [0.717, 1.165) is 39.0 Å². The summed E-state index contributed by atoms with van der Waals surface area (Å²) in [6.45, 7) is 5.11. The molecule has 1 heterocycles. The Morgan fingerprint density at radius 3 is 2.68 bits per heavy atom. The van der Waals surface area contributed by atoms with E-state index < -0.39 is 0 Å². The van der Waals surface area contributed by atoms with E-state index >= 15 is 0 Å². The van der Waals surface area contributed by atoms with Gasteiger partial charge < -0.3 is 5.32 Å². The van der Waals surface area contributed by atoms with Crippen molar-refractivity contribution in [2.45, 2.75) is 26.3 Å². The van der Waals surface area contributed by atoms with Gasteiger partial charge in [0.1, 0.15) is 0 Å². The lowest BCUT2D eigenvalue weighted by molar-refractivity contribution is 0.606. The normalized spacial score (nSPS) is 12.6. The number of hydrogen-bond donors (Lipinski definition) is 1. The maximum absolute atomic E-state index is 6.46. The predicted octanol–water partition coefficient (Wildman–Crippen LogP) is 5.45. The lowest BCUT2D eigenvalue weighted by atomic mass is 10.0. The number of thiophene rings is 1. The van der Waals surface area contributed by atoms with E-state index in [4.69, 9.17) is 23.2 Å². The smallest absolute Gasteiger partial charge is 0.0700 e. The first-order chi connectivity index (χ1) is 9.15. The van der Waals surface area contributed by atoms with E-state index in [1.807, 2.05) is 30.5 Å². The zero-order chi connectivity index (χ0) is 13.8. The Labute approximate surface area is 128 Å². The van der Waals surface area contributed by atoms with E-state index in [9.17, 15) is 0 Å². The van der Waals surface area contributed by atoms with Gasteiger partial charge in [0, 0.05) is 9.90 Å². The fourth-order valence-electron chi connectivity index (χ4n) is 2.04. The molecule has 0 saturated heterocycles. The second-order valence-corrected chi connectivity index (χ2v) is 6.23. The first-order valence-corrected chi connectivity index (χ1v) is 8.00. The van der Waals surface area contributed by atoms with Gasteiger partial charge in [0.25, 0.3) is 0 Å². The molecule has 0 aliphatic rings. The van der Waals surface area contributed by atoms with Gasteiger partial charge in [-0.25, -0.2) is 0 Å². The van der Waals surface area contributed by atoms with Crippen molar-refractivity contribution in [1.29, 1.82) is 0 Å². The Bertz CT molecular complexity index is 551. The quantitative estimate of drug-likeness (QED) is 0.773. The third-order valence-electron chi connectivity index (χ3n) is 3.04. The van der Waals surface area contributed by atoms with Crippen molar-refractivity contribution in [3.8, 4) is 0 Å². The minimum atomic E-state index is 0.0693. The summed E-state index contributed by atoms with van der Waals surface area (Å²) in [5.41, 5.74) is 2.19. The minimum absolute atomic E-state index is 0.0693. The SMILES string of the molecule is CCCNC(c1cccc(C)c1Cl)c1sccc1Cl. The standard InChI is InChI=1S/C15H17Cl2NS/c1-3-8-18-14(15-12(16)7-9-19-15)11-6-4-5-10(2)13(11)17/h4-7,9,14,18H,3,8H2,1-2H3. The highest BCUT2D eigenvalue weighted by Crippen LogP contribution is 2.36. The highest BCUT2D eigenvalue weighted by Gasteiger charge is 2.20. The van der Waals surface area contributed by atoms with Crippen LogP contribution < -0.4 is 5.32 Å².